The second kappa shape index (κ2) is 9.70. The number of para-hydroxylation sites is 1. The van der Waals surface area contributed by atoms with Crippen molar-refractivity contribution in [1.82, 2.24) is 15.2 Å². The Hall–Kier alpha value is -4.02. The van der Waals surface area contributed by atoms with Crippen molar-refractivity contribution in [2.75, 3.05) is 41.8 Å². The monoisotopic (exact) mass is 526 g/mol. The van der Waals surface area contributed by atoms with Gasteiger partial charge < -0.3 is 24.7 Å². The largest absolute Gasteiger partial charge is 0.402 e. The van der Waals surface area contributed by atoms with Gasteiger partial charge in [0.05, 0.1) is 18.2 Å². The highest BCUT2D eigenvalue weighted by molar-refractivity contribution is 7.16. The molecule has 1 unspecified atom stereocenters. The molecule has 1 saturated heterocycles. The zero-order valence-corrected chi connectivity index (χ0v) is 21.4. The Morgan fingerprint density at radius 2 is 1.79 bits per heavy atom. The predicted octanol–water partition coefficient (Wildman–Crippen LogP) is 4.77. The SMILES string of the molecule is O=C1Nc2ccccc2C(c2ccccc2)=CC1Nc1nnc(-c2nc(C3CC3)sc2N2CCOCC2)o1. The van der Waals surface area contributed by atoms with E-state index in [0.29, 0.717) is 30.7 Å². The fraction of sp³-hybridized carbons (Fsp3) is 0.286. The Balaban J connectivity index is 1.21. The van der Waals surface area contributed by atoms with Crippen molar-refractivity contribution in [3.05, 3.63) is 76.8 Å². The summed E-state index contributed by atoms with van der Waals surface area (Å²) in [5, 5.41) is 16.9. The maximum absolute atomic E-state index is 13.2. The molecule has 3 aliphatic rings. The first-order valence-corrected chi connectivity index (χ1v) is 13.7. The molecule has 2 aromatic carbocycles. The van der Waals surface area contributed by atoms with Crippen LogP contribution in [0.5, 0.6) is 0 Å². The van der Waals surface area contributed by atoms with Gasteiger partial charge in [0.2, 0.25) is 0 Å². The Morgan fingerprint density at radius 3 is 2.61 bits per heavy atom. The topological polar surface area (TPSA) is 105 Å². The van der Waals surface area contributed by atoms with Gasteiger partial charge in [-0.3, -0.25) is 4.79 Å². The average molecular weight is 527 g/mol. The molecule has 38 heavy (non-hydrogen) atoms. The molecule has 0 spiro atoms. The average Bonchev–Trinajstić information content (AvgIpc) is 3.58. The third-order valence-corrected chi connectivity index (χ3v) is 8.21. The van der Waals surface area contributed by atoms with Gasteiger partial charge in [0.1, 0.15) is 11.0 Å². The van der Waals surface area contributed by atoms with Crippen molar-refractivity contribution in [2.24, 2.45) is 0 Å². The van der Waals surface area contributed by atoms with Crippen molar-refractivity contribution in [2.45, 2.75) is 24.8 Å². The molecule has 2 N–H and O–H groups in total. The van der Waals surface area contributed by atoms with Crippen LogP contribution in [-0.4, -0.2) is 53.4 Å². The van der Waals surface area contributed by atoms with E-state index in [4.69, 9.17) is 14.1 Å². The van der Waals surface area contributed by atoms with E-state index in [2.05, 4.69) is 25.7 Å². The number of anilines is 3. The Bertz CT molecular complexity index is 1500. The molecule has 0 radical (unpaired) electrons. The van der Waals surface area contributed by atoms with Crippen LogP contribution >= 0.6 is 11.3 Å². The summed E-state index contributed by atoms with van der Waals surface area (Å²) in [6, 6.07) is 17.3. The van der Waals surface area contributed by atoms with Crippen LogP contribution in [0, 0.1) is 0 Å². The summed E-state index contributed by atoms with van der Waals surface area (Å²) >= 11 is 1.71. The molecule has 192 valence electrons. The minimum atomic E-state index is -0.720. The lowest BCUT2D eigenvalue weighted by molar-refractivity contribution is -0.116. The van der Waals surface area contributed by atoms with E-state index in [9.17, 15) is 4.79 Å². The van der Waals surface area contributed by atoms with Gasteiger partial charge >= 0.3 is 6.01 Å². The van der Waals surface area contributed by atoms with Crippen LogP contribution in [0.2, 0.25) is 0 Å². The van der Waals surface area contributed by atoms with Crippen LogP contribution in [0.15, 0.2) is 65.1 Å². The molecule has 2 fully saturated rings. The quantitative estimate of drug-likeness (QED) is 0.370. The highest BCUT2D eigenvalue weighted by Gasteiger charge is 2.32. The lowest BCUT2D eigenvalue weighted by Gasteiger charge is -2.27. The molecule has 2 aromatic heterocycles. The maximum atomic E-state index is 13.2. The number of carbonyl (C=O) groups is 1. The molecule has 4 heterocycles. The van der Waals surface area contributed by atoms with E-state index >= 15 is 0 Å². The number of ether oxygens (including phenoxy) is 1. The maximum Gasteiger partial charge on any atom is 0.316 e. The molecular formula is C28H26N6O3S. The van der Waals surface area contributed by atoms with Gasteiger partial charge in [0, 0.05) is 30.3 Å². The standard InChI is InChI=1S/C28H26N6O3S/c35-24-22(16-20(17-6-2-1-3-7-17)19-8-4-5-9-21(19)29-24)30-28-33-32-25(37-28)23-27(34-12-14-36-15-13-34)38-26(31-23)18-10-11-18/h1-9,16,18,22H,10-15H2,(H,29,35)(H,30,33). The van der Waals surface area contributed by atoms with Gasteiger partial charge in [0.15, 0.2) is 5.69 Å². The highest BCUT2D eigenvalue weighted by Crippen LogP contribution is 2.47. The van der Waals surface area contributed by atoms with Crippen LogP contribution in [0.1, 0.15) is 34.9 Å². The van der Waals surface area contributed by atoms with Crippen molar-refractivity contribution >= 4 is 39.5 Å². The minimum Gasteiger partial charge on any atom is -0.402 e. The molecule has 1 aliphatic carbocycles. The predicted molar refractivity (Wildman–Crippen MR) is 146 cm³/mol. The summed E-state index contributed by atoms with van der Waals surface area (Å²) < 4.78 is 11.6. The first kappa shape index (κ1) is 23.1. The van der Waals surface area contributed by atoms with Crippen LogP contribution in [-0.2, 0) is 9.53 Å². The van der Waals surface area contributed by atoms with Crippen molar-refractivity contribution in [1.29, 1.82) is 0 Å². The first-order valence-electron chi connectivity index (χ1n) is 12.8. The number of carbonyl (C=O) groups excluding carboxylic acids is 1. The number of thiazole rings is 1. The van der Waals surface area contributed by atoms with Crippen molar-refractivity contribution < 1.29 is 13.9 Å². The molecule has 7 rings (SSSR count). The molecule has 0 bridgehead atoms. The molecule has 1 saturated carbocycles. The van der Waals surface area contributed by atoms with Crippen LogP contribution in [0.3, 0.4) is 0 Å². The number of amides is 1. The summed E-state index contributed by atoms with van der Waals surface area (Å²) in [4.78, 5) is 20.4. The normalized spacial score (nSPS) is 19.4. The number of benzene rings is 2. The van der Waals surface area contributed by atoms with Crippen LogP contribution in [0.25, 0.3) is 17.2 Å². The third-order valence-electron chi connectivity index (χ3n) is 6.93. The summed E-state index contributed by atoms with van der Waals surface area (Å²) in [6.07, 6.45) is 4.25. The molecule has 10 heteroatoms. The van der Waals surface area contributed by atoms with E-state index in [0.717, 1.165) is 45.5 Å². The van der Waals surface area contributed by atoms with E-state index in [1.54, 1.807) is 11.3 Å². The van der Waals surface area contributed by atoms with E-state index in [1.807, 2.05) is 60.7 Å². The van der Waals surface area contributed by atoms with Gasteiger partial charge in [-0.1, -0.05) is 53.6 Å². The number of fused-ring (bicyclic) bond motifs is 1. The third kappa shape index (κ3) is 4.46. The Labute approximate surface area is 223 Å². The lowest BCUT2D eigenvalue weighted by atomic mass is 9.96. The fourth-order valence-corrected chi connectivity index (χ4v) is 6.09. The Morgan fingerprint density at radius 1 is 1.00 bits per heavy atom. The summed E-state index contributed by atoms with van der Waals surface area (Å²) in [7, 11) is 0. The number of nitrogens with one attached hydrogen (secondary N) is 2. The van der Waals surface area contributed by atoms with Crippen LogP contribution < -0.4 is 15.5 Å². The number of nitrogens with zero attached hydrogens (tertiary/aromatic N) is 4. The fourth-order valence-electron chi connectivity index (χ4n) is 4.81. The minimum absolute atomic E-state index is 0.170. The number of hydrogen-bond acceptors (Lipinski definition) is 9. The highest BCUT2D eigenvalue weighted by atomic mass is 32.1. The number of aromatic nitrogens is 3. The van der Waals surface area contributed by atoms with E-state index in [1.165, 1.54) is 12.8 Å². The molecule has 4 aromatic rings. The zero-order chi connectivity index (χ0) is 25.5. The summed E-state index contributed by atoms with van der Waals surface area (Å²) in [5.74, 6) is 0.662. The smallest absolute Gasteiger partial charge is 0.316 e. The molecular weight excluding hydrogens is 500 g/mol. The summed E-state index contributed by atoms with van der Waals surface area (Å²) in [5.41, 5.74) is 4.37. The Kier molecular flexibility index (Phi) is 5.90. The van der Waals surface area contributed by atoms with Gasteiger partial charge in [-0.25, -0.2) is 4.98 Å². The lowest BCUT2D eigenvalue weighted by Crippen LogP contribution is -2.35. The zero-order valence-electron chi connectivity index (χ0n) is 20.6. The second-order valence-corrected chi connectivity index (χ2v) is 10.6. The number of hydrogen-bond donors (Lipinski definition) is 2. The van der Waals surface area contributed by atoms with Crippen LogP contribution in [0.4, 0.5) is 16.7 Å². The number of morpholine rings is 1. The molecule has 2 aliphatic heterocycles. The van der Waals surface area contributed by atoms with Crippen molar-refractivity contribution in [3.8, 4) is 11.6 Å². The van der Waals surface area contributed by atoms with Gasteiger partial charge in [-0.05, 0) is 36.1 Å². The van der Waals surface area contributed by atoms with Gasteiger partial charge in [-0.2, -0.15) is 0 Å². The van der Waals surface area contributed by atoms with Gasteiger partial charge in [-0.15, -0.1) is 16.4 Å². The summed E-state index contributed by atoms with van der Waals surface area (Å²) in [6.45, 7) is 2.97. The molecule has 1 atom stereocenters. The van der Waals surface area contributed by atoms with Crippen molar-refractivity contribution in [3.63, 3.8) is 0 Å². The van der Waals surface area contributed by atoms with E-state index < -0.39 is 6.04 Å². The second-order valence-electron chi connectivity index (χ2n) is 9.60. The molecule has 9 nitrogen and oxygen atoms in total. The first-order chi connectivity index (χ1) is 18.7. The van der Waals surface area contributed by atoms with E-state index in [-0.39, 0.29) is 11.9 Å². The molecule has 1 amide bonds. The van der Waals surface area contributed by atoms with Gasteiger partial charge in [0.25, 0.3) is 11.8 Å². The number of rotatable bonds is 6.